The van der Waals surface area contributed by atoms with Crippen LogP contribution in [0.5, 0.6) is 0 Å². The second-order valence-corrected chi connectivity index (χ2v) is 9.28. The second kappa shape index (κ2) is 10.6. The molecule has 2 N–H and O–H groups in total. The number of pyridine rings is 1. The zero-order valence-electron chi connectivity index (χ0n) is 19.5. The summed E-state index contributed by atoms with van der Waals surface area (Å²) in [5, 5.41) is 6.38. The number of aromatic nitrogens is 1. The van der Waals surface area contributed by atoms with E-state index in [4.69, 9.17) is 4.74 Å². The van der Waals surface area contributed by atoms with Gasteiger partial charge in [0.1, 0.15) is 5.60 Å². The molecule has 32 heavy (non-hydrogen) atoms. The van der Waals surface area contributed by atoms with E-state index in [0.717, 1.165) is 41.8 Å². The van der Waals surface area contributed by atoms with Crippen molar-refractivity contribution in [1.29, 1.82) is 0 Å². The normalized spacial score (nSPS) is 14.8. The van der Waals surface area contributed by atoms with Crippen LogP contribution in [0.15, 0.2) is 42.6 Å². The highest BCUT2D eigenvalue weighted by Crippen LogP contribution is 2.19. The Bertz CT molecular complexity index is 896. The fourth-order valence-electron chi connectivity index (χ4n) is 3.57. The van der Waals surface area contributed by atoms with Crippen LogP contribution in [0, 0.1) is 0 Å². The molecule has 7 nitrogen and oxygen atoms in total. The number of ether oxygens (including phenoxy) is 1. The summed E-state index contributed by atoms with van der Waals surface area (Å²) in [4.78, 5) is 29.6. The number of carbonyl (C=O) groups excluding carboxylic acids is 2. The maximum atomic E-state index is 12.2. The predicted octanol–water partition coefficient (Wildman–Crippen LogP) is 3.87. The molecule has 0 radical (unpaired) electrons. The number of piperidine rings is 1. The Morgan fingerprint density at radius 1 is 1.03 bits per heavy atom. The molecule has 1 aromatic heterocycles. The Morgan fingerprint density at radius 3 is 2.25 bits per heavy atom. The quantitative estimate of drug-likeness (QED) is 0.715. The van der Waals surface area contributed by atoms with E-state index in [0.29, 0.717) is 25.7 Å². The summed E-state index contributed by atoms with van der Waals surface area (Å²) in [5.41, 5.74) is 3.70. The van der Waals surface area contributed by atoms with Gasteiger partial charge in [0.05, 0.1) is 5.69 Å². The standard InChI is InChI=1S/C25H34N4O3/c1-18(30)26-15-19-5-8-21(9-6-19)23-10-7-20(17-28-23)16-27-22-11-13-29(14-12-22)24(31)32-25(2,3)4/h5-10,17,22,27H,11-16H2,1-4H3,(H,26,30). The van der Waals surface area contributed by atoms with Gasteiger partial charge in [0, 0.05) is 50.9 Å². The molecule has 0 atom stereocenters. The monoisotopic (exact) mass is 438 g/mol. The maximum absolute atomic E-state index is 12.2. The third-order valence-electron chi connectivity index (χ3n) is 5.36. The van der Waals surface area contributed by atoms with Crippen molar-refractivity contribution >= 4 is 12.0 Å². The van der Waals surface area contributed by atoms with Gasteiger partial charge in [-0.1, -0.05) is 30.3 Å². The first-order chi connectivity index (χ1) is 15.2. The average molecular weight is 439 g/mol. The van der Waals surface area contributed by atoms with Crippen molar-refractivity contribution in [3.8, 4) is 11.3 Å². The molecule has 2 heterocycles. The zero-order chi connectivity index (χ0) is 23.1. The molecule has 0 spiro atoms. The number of hydrogen-bond acceptors (Lipinski definition) is 5. The lowest BCUT2D eigenvalue weighted by atomic mass is 10.0. The first-order valence-corrected chi connectivity index (χ1v) is 11.2. The van der Waals surface area contributed by atoms with Gasteiger partial charge in [0.15, 0.2) is 0 Å². The molecule has 1 fully saturated rings. The van der Waals surface area contributed by atoms with E-state index < -0.39 is 5.60 Å². The minimum atomic E-state index is -0.458. The summed E-state index contributed by atoms with van der Waals surface area (Å²) < 4.78 is 5.46. The highest BCUT2D eigenvalue weighted by atomic mass is 16.6. The van der Waals surface area contributed by atoms with Crippen molar-refractivity contribution in [3.05, 3.63) is 53.7 Å². The van der Waals surface area contributed by atoms with Crippen LogP contribution in [-0.4, -0.2) is 46.6 Å². The van der Waals surface area contributed by atoms with Crippen LogP contribution >= 0.6 is 0 Å². The van der Waals surface area contributed by atoms with E-state index in [1.165, 1.54) is 6.92 Å². The Labute approximate surface area is 190 Å². The summed E-state index contributed by atoms with van der Waals surface area (Å²) in [6, 6.07) is 12.6. The van der Waals surface area contributed by atoms with Crippen LogP contribution in [-0.2, 0) is 22.6 Å². The Kier molecular flexibility index (Phi) is 7.85. The third-order valence-corrected chi connectivity index (χ3v) is 5.36. The van der Waals surface area contributed by atoms with E-state index in [1.54, 1.807) is 4.90 Å². The van der Waals surface area contributed by atoms with Gasteiger partial charge in [0.2, 0.25) is 5.91 Å². The van der Waals surface area contributed by atoms with Crippen molar-refractivity contribution in [2.75, 3.05) is 13.1 Å². The van der Waals surface area contributed by atoms with Crippen LogP contribution in [0.3, 0.4) is 0 Å². The zero-order valence-corrected chi connectivity index (χ0v) is 19.5. The summed E-state index contributed by atoms with van der Waals surface area (Å²) in [7, 11) is 0. The lowest BCUT2D eigenvalue weighted by molar-refractivity contribution is -0.119. The lowest BCUT2D eigenvalue weighted by Gasteiger charge is -2.33. The Balaban J connectivity index is 1.44. The van der Waals surface area contributed by atoms with Crippen LogP contribution in [0.4, 0.5) is 4.79 Å². The smallest absolute Gasteiger partial charge is 0.410 e. The summed E-state index contributed by atoms with van der Waals surface area (Å²) >= 11 is 0. The van der Waals surface area contributed by atoms with Crippen molar-refractivity contribution in [2.24, 2.45) is 0 Å². The molecule has 1 saturated heterocycles. The van der Waals surface area contributed by atoms with Crippen LogP contribution < -0.4 is 10.6 Å². The van der Waals surface area contributed by atoms with Gasteiger partial charge in [-0.25, -0.2) is 4.79 Å². The molecule has 0 saturated carbocycles. The summed E-state index contributed by atoms with van der Waals surface area (Å²) in [6.07, 6.45) is 3.51. The number of nitrogens with zero attached hydrogens (tertiary/aromatic N) is 2. The van der Waals surface area contributed by atoms with Gasteiger partial charge in [-0.05, 0) is 50.8 Å². The Hall–Kier alpha value is -2.93. The minimum absolute atomic E-state index is 0.0338. The third kappa shape index (κ3) is 7.34. The summed E-state index contributed by atoms with van der Waals surface area (Å²) in [6.45, 7) is 9.89. The molecule has 7 heteroatoms. The van der Waals surface area contributed by atoms with E-state index >= 15 is 0 Å². The molecule has 172 valence electrons. The molecule has 3 rings (SSSR count). The van der Waals surface area contributed by atoms with E-state index in [1.807, 2.05) is 57.3 Å². The van der Waals surface area contributed by atoms with Crippen LogP contribution in [0.25, 0.3) is 11.3 Å². The number of likely N-dealkylation sites (tertiary alicyclic amines) is 1. The number of carbonyl (C=O) groups is 2. The van der Waals surface area contributed by atoms with Crippen molar-refractivity contribution < 1.29 is 14.3 Å². The van der Waals surface area contributed by atoms with Crippen molar-refractivity contribution in [3.63, 3.8) is 0 Å². The first-order valence-electron chi connectivity index (χ1n) is 11.2. The van der Waals surface area contributed by atoms with Gasteiger partial charge in [-0.3, -0.25) is 9.78 Å². The molecule has 0 unspecified atom stereocenters. The van der Waals surface area contributed by atoms with Gasteiger partial charge in [-0.2, -0.15) is 0 Å². The molecule has 1 aliphatic heterocycles. The van der Waals surface area contributed by atoms with Crippen molar-refractivity contribution in [2.45, 2.75) is 65.3 Å². The lowest BCUT2D eigenvalue weighted by Crippen LogP contribution is -2.46. The fourth-order valence-corrected chi connectivity index (χ4v) is 3.57. The second-order valence-electron chi connectivity index (χ2n) is 9.28. The fraction of sp³-hybridized carbons (Fsp3) is 0.480. The average Bonchev–Trinajstić information content (AvgIpc) is 2.76. The largest absolute Gasteiger partial charge is 0.444 e. The van der Waals surface area contributed by atoms with E-state index in [2.05, 4.69) is 21.7 Å². The highest BCUT2D eigenvalue weighted by Gasteiger charge is 2.26. The van der Waals surface area contributed by atoms with Crippen LogP contribution in [0.2, 0.25) is 0 Å². The predicted molar refractivity (Wildman–Crippen MR) is 125 cm³/mol. The molecule has 1 aliphatic rings. The van der Waals surface area contributed by atoms with Crippen LogP contribution in [0.1, 0.15) is 51.7 Å². The molecular formula is C25H34N4O3. The number of rotatable bonds is 6. The molecular weight excluding hydrogens is 404 g/mol. The molecule has 1 aromatic carbocycles. The minimum Gasteiger partial charge on any atom is -0.444 e. The molecule has 2 aromatic rings. The van der Waals surface area contributed by atoms with Gasteiger partial charge < -0.3 is 20.3 Å². The molecule has 0 aliphatic carbocycles. The number of hydrogen-bond donors (Lipinski definition) is 2. The first kappa shape index (κ1) is 23.7. The summed E-state index contributed by atoms with van der Waals surface area (Å²) in [5.74, 6) is -0.0338. The number of benzene rings is 1. The Morgan fingerprint density at radius 2 is 1.69 bits per heavy atom. The van der Waals surface area contributed by atoms with Crippen molar-refractivity contribution in [1.82, 2.24) is 20.5 Å². The van der Waals surface area contributed by atoms with E-state index in [-0.39, 0.29) is 12.0 Å². The topological polar surface area (TPSA) is 83.6 Å². The SMILES string of the molecule is CC(=O)NCc1ccc(-c2ccc(CNC3CCN(C(=O)OC(C)(C)C)CC3)cn2)cc1. The maximum Gasteiger partial charge on any atom is 0.410 e. The molecule has 0 bridgehead atoms. The van der Waals surface area contributed by atoms with Gasteiger partial charge in [-0.15, -0.1) is 0 Å². The van der Waals surface area contributed by atoms with Gasteiger partial charge in [0.25, 0.3) is 0 Å². The molecule has 2 amide bonds. The number of amides is 2. The van der Waals surface area contributed by atoms with E-state index in [9.17, 15) is 9.59 Å². The van der Waals surface area contributed by atoms with Gasteiger partial charge >= 0.3 is 6.09 Å². The highest BCUT2D eigenvalue weighted by molar-refractivity contribution is 5.72. The number of nitrogens with one attached hydrogen (secondary N) is 2.